The molecule has 4 nitrogen and oxygen atoms in total. The number of para-hydroxylation sites is 2. The highest BCUT2D eigenvalue weighted by Crippen LogP contribution is 2.31. The molecule has 19 heavy (non-hydrogen) atoms. The van der Waals surface area contributed by atoms with Crippen LogP contribution in [0.1, 0.15) is 5.69 Å². The fourth-order valence-corrected chi connectivity index (χ4v) is 3.08. The Bertz CT molecular complexity index is 566. The van der Waals surface area contributed by atoms with E-state index in [-0.39, 0.29) is 0 Å². The first-order valence-electron chi connectivity index (χ1n) is 6.49. The summed E-state index contributed by atoms with van der Waals surface area (Å²) in [5.41, 5.74) is 9.40. The van der Waals surface area contributed by atoms with E-state index in [1.807, 2.05) is 0 Å². The molecule has 1 aliphatic rings. The van der Waals surface area contributed by atoms with Gasteiger partial charge in [-0.25, -0.2) is 4.98 Å². The molecule has 0 fully saturated rings. The highest BCUT2D eigenvalue weighted by atomic mass is 32.1. The summed E-state index contributed by atoms with van der Waals surface area (Å²) in [6.07, 6.45) is 0.950. The number of hydrogen-bond acceptors (Lipinski definition) is 5. The van der Waals surface area contributed by atoms with Crippen molar-refractivity contribution in [3.8, 4) is 0 Å². The first kappa shape index (κ1) is 12.3. The van der Waals surface area contributed by atoms with Gasteiger partial charge in [0.05, 0.1) is 17.1 Å². The molecule has 1 aliphatic heterocycles. The van der Waals surface area contributed by atoms with Crippen molar-refractivity contribution in [2.75, 3.05) is 42.2 Å². The number of benzene rings is 1. The van der Waals surface area contributed by atoms with E-state index in [0.717, 1.165) is 31.7 Å². The van der Waals surface area contributed by atoms with E-state index < -0.39 is 0 Å². The van der Waals surface area contributed by atoms with Crippen molar-refractivity contribution in [2.24, 2.45) is 0 Å². The minimum atomic E-state index is 0.661. The maximum atomic E-state index is 5.67. The Labute approximate surface area is 117 Å². The monoisotopic (exact) mass is 274 g/mol. The zero-order valence-corrected chi connectivity index (χ0v) is 11.9. The van der Waals surface area contributed by atoms with E-state index in [1.165, 1.54) is 22.7 Å². The molecule has 0 aliphatic carbocycles. The van der Waals surface area contributed by atoms with Crippen molar-refractivity contribution in [1.29, 1.82) is 0 Å². The minimum Gasteiger partial charge on any atom is -0.375 e. The standard InChI is InChI=1S/C14H18N4S/c1-17-8-9-18(13-5-3-2-4-12(13)17)7-6-11-10-19-14(15)16-11/h2-5,10H,6-9H2,1H3,(H2,15,16). The number of nitrogens with two attached hydrogens (primary N) is 1. The second kappa shape index (κ2) is 5.09. The number of likely N-dealkylation sites (N-methyl/N-ethyl adjacent to an activating group) is 1. The van der Waals surface area contributed by atoms with E-state index in [4.69, 9.17) is 5.73 Å². The third-order valence-corrected chi connectivity index (χ3v) is 4.27. The summed E-state index contributed by atoms with van der Waals surface area (Å²) < 4.78 is 0. The summed E-state index contributed by atoms with van der Waals surface area (Å²) >= 11 is 1.52. The van der Waals surface area contributed by atoms with E-state index in [0.29, 0.717) is 5.13 Å². The highest BCUT2D eigenvalue weighted by Gasteiger charge is 2.19. The predicted octanol–water partition coefficient (Wildman–Crippen LogP) is 2.22. The Balaban J connectivity index is 1.74. The maximum Gasteiger partial charge on any atom is 0.180 e. The largest absolute Gasteiger partial charge is 0.375 e. The lowest BCUT2D eigenvalue weighted by Gasteiger charge is -2.36. The van der Waals surface area contributed by atoms with Gasteiger partial charge in [0.15, 0.2) is 5.13 Å². The molecule has 2 heterocycles. The van der Waals surface area contributed by atoms with Gasteiger partial charge >= 0.3 is 0 Å². The molecule has 0 saturated carbocycles. The fraction of sp³-hybridized carbons (Fsp3) is 0.357. The number of nitrogen functional groups attached to an aromatic ring is 1. The predicted molar refractivity (Wildman–Crippen MR) is 82.2 cm³/mol. The quantitative estimate of drug-likeness (QED) is 0.932. The van der Waals surface area contributed by atoms with Crippen molar-refractivity contribution in [2.45, 2.75) is 6.42 Å². The molecule has 3 rings (SSSR count). The van der Waals surface area contributed by atoms with E-state index in [2.05, 4.69) is 51.5 Å². The average molecular weight is 274 g/mol. The second-order valence-electron chi connectivity index (χ2n) is 4.82. The van der Waals surface area contributed by atoms with Gasteiger partial charge in [-0.1, -0.05) is 12.1 Å². The number of hydrogen-bond donors (Lipinski definition) is 1. The van der Waals surface area contributed by atoms with Crippen molar-refractivity contribution in [3.05, 3.63) is 35.3 Å². The number of rotatable bonds is 3. The summed E-state index contributed by atoms with van der Waals surface area (Å²) in [5, 5.41) is 2.71. The lowest BCUT2D eigenvalue weighted by atomic mass is 10.1. The number of nitrogens with zero attached hydrogens (tertiary/aromatic N) is 3. The topological polar surface area (TPSA) is 45.4 Å². The molecule has 1 aromatic heterocycles. The lowest BCUT2D eigenvalue weighted by molar-refractivity contribution is 0.724. The molecule has 0 atom stereocenters. The zero-order chi connectivity index (χ0) is 13.2. The van der Waals surface area contributed by atoms with Crippen LogP contribution in [0.15, 0.2) is 29.6 Å². The van der Waals surface area contributed by atoms with Crippen LogP contribution < -0.4 is 15.5 Å². The lowest BCUT2D eigenvalue weighted by Crippen LogP contribution is -2.40. The number of fused-ring (bicyclic) bond motifs is 1. The zero-order valence-electron chi connectivity index (χ0n) is 11.0. The van der Waals surface area contributed by atoms with Crippen LogP contribution in [0.5, 0.6) is 0 Å². The molecule has 2 N–H and O–H groups in total. The summed E-state index contributed by atoms with van der Waals surface area (Å²) in [5.74, 6) is 0. The molecular weight excluding hydrogens is 256 g/mol. The normalized spacial score (nSPS) is 14.6. The third kappa shape index (κ3) is 2.51. The van der Waals surface area contributed by atoms with E-state index >= 15 is 0 Å². The molecule has 1 aromatic carbocycles. The summed E-state index contributed by atoms with van der Waals surface area (Å²) in [7, 11) is 2.15. The van der Waals surface area contributed by atoms with Crippen LogP contribution in [0, 0.1) is 0 Å². The van der Waals surface area contributed by atoms with Crippen molar-refractivity contribution >= 4 is 27.8 Å². The van der Waals surface area contributed by atoms with Crippen LogP contribution in [0.2, 0.25) is 0 Å². The molecule has 0 spiro atoms. The van der Waals surface area contributed by atoms with Gasteiger partial charge < -0.3 is 15.5 Å². The highest BCUT2D eigenvalue weighted by molar-refractivity contribution is 7.13. The number of anilines is 3. The van der Waals surface area contributed by atoms with Crippen molar-refractivity contribution in [3.63, 3.8) is 0 Å². The molecular formula is C14H18N4S. The van der Waals surface area contributed by atoms with E-state index in [9.17, 15) is 0 Å². The van der Waals surface area contributed by atoms with Gasteiger partial charge in [-0.3, -0.25) is 0 Å². The molecule has 0 unspecified atom stereocenters. The average Bonchev–Trinajstić information content (AvgIpc) is 2.84. The summed E-state index contributed by atoms with van der Waals surface area (Å²) in [6, 6.07) is 8.58. The van der Waals surface area contributed by atoms with E-state index in [1.54, 1.807) is 0 Å². The number of thiazole rings is 1. The Kier molecular flexibility index (Phi) is 3.29. The molecule has 0 radical (unpaired) electrons. The first-order valence-corrected chi connectivity index (χ1v) is 7.37. The van der Waals surface area contributed by atoms with Crippen molar-refractivity contribution < 1.29 is 0 Å². The van der Waals surface area contributed by atoms with Crippen LogP contribution in [0.3, 0.4) is 0 Å². The van der Waals surface area contributed by atoms with Gasteiger partial charge in [-0.05, 0) is 12.1 Å². The first-order chi connectivity index (χ1) is 9.24. The Morgan fingerprint density at radius 3 is 2.79 bits per heavy atom. The van der Waals surface area contributed by atoms with Crippen LogP contribution >= 0.6 is 11.3 Å². The molecule has 0 saturated heterocycles. The Morgan fingerprint density at radius 1 is 1.26 bits per heavy atom. The van der Waals surface area contributed by atoms with Crippen LogP contribution in [0.25, 0.3) is 0 Å². The van der Waals surface area contributed by atoms with Gasteiger partial charge in [0.25, 0.3) is 0 Å². The molecule has 2 aromatic rings. The fourth-order valence-electron chi connectivity index (χ4n) is 2.49. The van der Waals surface area contributed by atoms with Crippen molar-refractivity contribution in [1.82, 2.24) is 4.98 Å². The second-order valence-corrected chi connectivity index (χ2v) is 5.71. The van der Waals surface area contributed by atoms with Gasteiger partial charge in [0, 0.05) is 38.5 Å². The Morgan fingerprint density at radius 2 is 2.05 bits per heavy atom. The molecule has 100 valence electrons. The summed E-state index contributed by atoms with van der Waals surface area (Å²) in [6.45, 7) is 3.12. The molecule has 0 amide bonds. The minimum absolute atomic E-state index is 0.661. The SMILES string of the molecule is CN1CCN(CCc2csc(N)n2)c2ccccc21. The van der Waals surface area contributed by atoms with Gasteiger partial charge in [-0.2, -0.15) is 0 Å². The van der Waals surface area contributed by atoms with Gasteiger partial charge in [0.1, 0.15) is 0 Å². The third-order valence-electron chi connectivity index (χ3n) is 3.55. The van der Waals surface area contributed by atoms with Crippen LogP contribution in [-0.2, 0) is 6.42 Å². The number of aromatic nitrogens is 1. The van der Waals surface area contributed by atoms with Crippen LogP contribution in [0.4, 0.5) is 16.5 Å². The summed E-state index contributed by atoms with van der Waals surface area (Å²) in [4.78, 5) is 9.07. The smallest absolute Gasteiger partial charge is 0.180 e. The van der Waals surface area contributed by atoms with Crippen LogP contribution in [-0.4, -0.2) is 31.7 Å². The maximum absolute atomic E-state index is 5.67. The van der Waals surface area contributed by atoms with Gasteiger partial charge in [0.2, 0.25) is 0 Å². The molecule has 5 heteroatoms. The Hall–Kier alpha value is -1.75. The molecule has 0 bridgehead atoms. The van der Waals surface area contributed by atoms with Gasteiger partial charge in [-0.15, -0.1) is 11.3 Å².